The van der Waals surface area contributed by atoms with E-state index >= 15 is 0 Å². The van der Waals surface area contributed by atoms with Crippen molar-refractivity contribution in [2.45, 2.75) is 18.9 Å². The van der Waals surface area contributed by atoms with Gasteiger partial charge in [0.2, 0.25) is 0 Å². The summed E-state index contributed by atoms with van der Waals surface area (Å²) in [5.74, 6) is -1.29. The topological polar surface area (TPSA) is 106 Å². The van der Waals surface area contributed by atoms with E-state index in [0.29, 0.717) is 0 Å². The van der Waals surface area contributed by atoms with Crippen LogP contribution in [0.15, 0.2) is 0 Å². The van der Waals surface area contributed by atoms with Crippen LogP contribution >= 0.6 is 0 Å². The third-order valence-corrected chi connectivity index (χ3v) is 1.25. The summed E-state index contributed by atoms with van der Waals surface area (Å²) in [5, 5.41) is 8.19. The van der Waals surface area contributed by atoms with Gasteiger partial charge in [0.15, 0.2) is 5.78 Å². The molecule has 0 spiro atoms. The molecule has 64 valence electrons. The largest absolute Gasteiger partial charge is 0.481 e. The maximum atomic E-state index is 10.8. The van der Waals surface area contributed by atoms with Gasteiger partial charge in [0.25, 0.3) is 0 Å². The van der Waals surface area contributed by atoms with Crippen LogP contribution in [0.5, 0.6) is 0 Å². The summed E-state index contributed by atoms with van der Waals surface area (Å²) in [6.45, 7) is 0.0679. The number of carboxylic acid groups (broad SMARTS) is 1. The summed E-state index contributed by atoms with van der Waals surface area (Å²) >= 11 is 0. The molecule has 0 unspecified atom stereocenters. The highest BCUT2D eigenvalue weighted by atomic mass is 16.4. The van der Waals surface area contributed by atoms with E-state index in [2.05, 4.69) is 0 Å². The smallest absolute Gasteiger partial charge is 0.303 e. The quantitative estimate of drug-likeness (QED) is 0.463. The molecule has 0 aromatic heterocycles. The molecule has 0 aliphatic rings. The van der Waals surface area contributed by atoms with E-state index in [9.17, 15) is 9.59 Å². The van der Waals surface area contributed by atoms with Crippen molar-refractivity contribution in [1.29, 1.82) is 0 Å². The summed E-state index contributed by atoms with van der Waals surface area (Å²) < 4.78 is 0. The van der Waals surface area contributed by atoms with Crippen LogP contribution in [0.2, 0.25) is 0 Å². The van der Waals surface area contributed by atoms with Crippen LogP contribution in [0.1, 0.15) is 12.8 Å². The lowest BCUT2D eigenvalue weighted by molar-refractivity contribution is -0.138. The molecule has 0 amide bonds. The van der Waals surface area contributed by atoms with Gasteiger partial charge in [-0.05, 0) is 0 Å². The molecule has 11 heavy (non-hydrogen) atoms. The molecule has 0 aromatic carbocycles. The van der Waals surface area contributed by atoms with Gasteiger partial charge in [-0.15, -0.1) is 0 Å². The summed E-state index contributed by atoms with van der Waals surface area (Å²) in [6, 6.07) is -0.714. The van der Waals surface area contributed by atoms with Gasteiger partial charge in [-0.1, -0.05) is 0 Å². The molecule has 0 aliphatic heterocycles. The Morgan fingerprint density at radius 2 is 1.91 bits per heavy atom. The maximum Gasteiger partial charge on any atom is 0.303 e. The Labute approximate surface area is 64.4 Å². The van der Waals surface area contributed by atoms with Gasteiger partial charge in [-0.25, -0.2) is 0 Å². The van der Waals surface area contributed by atoms with E-state index in [1.54, 1.807) is 0 Å². The predicted octanol–water partition coefficient (Wildman–Crippen LogP) is -1.29. The molecule has 0 saturated carbocycles. The lowest BCUT2D eigenvalue weighted by atomic mass is 10.1. The highest BCUT2D eigenvalue weighted by Gasteiger charge is 2.12. The number of hydrogen-bond acceptors (Lipinski definition) is 4. The number of aliphatic carboxylic acids is 1. The van der Waals surface area contributed by atoms with Crippen LogP contribution in [0.3, 0.4) is 0 Å². The Kier molecular flexibility index (Phi) is 4.40. The third-order valence-electron chi connectivity index (χ3n) is 1.25. The van der Waals surface area contributed by atoms with Gasteiger partial charge < -0.3 is 16.6 Å². The molecule has 0 heterocycles. The minimum atomic E-state index is -0.998. The predicted molar refractivity (Wildman–Crippen MR) is 38.9 cm³/mol. The first-order chi connectivity index (χ1) is 5.07. The Morgan fingerprint density at radius 3 is 2.27 bits per heavy atom. The van der Waals surface area contributed by atoms with Crippen molar-refractivity contribution in [3.8, 4) is 0 Å². The van der Waals surface area contributed by atoms with Crippen molar-refractivity contribution >= 4 is 11.8 Å². The molecule has 0 radical (unpaired) electrons. The highest BCUT2D eigenvalue weighted by molar-refractivity contribution is 5.86. The van der Waals surface area contributed by atoms with E-state index in [1.165, 1.54) is 0 Å². The van der Waals surface area contributed by atoms with E-state index in [-0.39, 0.29) is 25.2 Å². The molecule has 0 fully saturated rings. The Morgan fingerprint density at radius 1 is 1.36 bits per heavy atom. The Bertz CT molecular complexity index is 158. The number of carbonyl (C=O) groups excluding carboxylic acids is 1. The average molecular weight is 160 g/mol. The first-order valence-corrected chi connectivity index (χ1v) is 3.28. The SMILES string of the molecule is NC[C@H](N)C(=O)CCC(=O)O. The van der Waals surface area contributed by atoms with Crippen LogP contribution in [0, 0.1) is 0 Å². The van der Waals surface area contributed by atoms with Crippen LogP contribution in [-0.4, -0.2) is 29.4 Å². The zero-order valence-electron chi connectivity index (χ0n) is 6.12. The molecule has 0 bridgehead atoms. The fourth-order valence-electron chi connectivity index (χ4n) is 0.547. The van der Waals surface area contributed by atoms with Gasteiger partial charge in [-0.3, -0.25) is 9.59 Å². The van der Waals surface area contributed by atoms with Gasteiger partial charge in [0, 0.05) is 13.0 Å². The molecule has 5 nitrogen and oxygen atoms in total. The molecule has 5 N–H and O–H groups in total. The second-order valence-corrected chi connectivity index (χ2v) is 2.20. The van der Waals surface area contributed by atoms with Gasteiger partial charge in [0.05, 0.1) is 12.5 Å². The molecule has 0 aromatic rings. The fraction of sp³-hybridized carbons (Fsp3) is 0.667. The van der Waals surface area contributed by atoms with Crippen molar-refractivity contribution in [1.82, 2.24) is 0 Å². The fourth-order valence-corrected chi connectivity index (χ4v) is 0.547. The Hall–Kier alpha value is -0.940. The number of Topliss-reactive ketones (excluding diaryl/α,β-unsaturated/α-hetero) is 1. The first kappa shape index (κ1) is 10.1. The van der Waals surface area contributed by atoms with Gasteiger partial charge in [0.1, 0.15) is 0 Å². The van der Waals surface area contributed by atoms with Gasteiger partial charge in [-0.2, -0.15) is 0 Å². The van der Waals surface area contributed by atoms with Crippen molar-refractivity contribution in [3.63, 3.8) is 0 Å². The minimum Gasteiger partial charge on any atom is -0.481 e. The molecule has 0 aliphatic carbocycles. The summed E-state index contributed by atoms with van der Waals surface area (Å²) in [6.07, 6.45) is -0.208. The standard InChI is InChI=1S/C6H12N2O3/c7-3-4(8)5(9)1-2-6(10)11/h4H,1-3,7-8H2,(H,10,11)/t4-/m0/s1. The van der Waals surface area contributed by atoms with Crippen molar-refractivity contribution in [2.24, 2.45) is 11.5 Å². The highest BCUT2D eigenvalue weighted by Crippen LogP contribution is 1.93. The van der Waals surface area contributed by atoms with Crippen LogP contribution in [-0.2, 0) is 9.59 Å². The van der Waals surface area contributed by atoms with Gasteiger partial charge >= 0.3 is 5.97 Å². The lowest BCUT2D eigenvalue weighted by Crippen LogP contribution is -2.37. The van der Waals surface area contributed by atoms with Crippen molar-refractivity contribution < 1.29 is 14.7 Å². The van der Waals surface area contributed by atoms with Crippen LogP contribution in [0.4, 0.5) is 0 Å². The number of nitrogens with two attached hydrogens (primary N) is 2. The second kappa shape index (κ2) is 4.81. The number of carbonyl (C=O) groups is 2. The van der Waals surface area contributed by atoms with E-state index < -0.39 is 12.0 Å². The second-order valence-electron chi connectivity index (χ2n) is 2.20. The first-order valence-electron chi connectivity index (χ1n) is 3.28. The molecule has 1 atom stereocenters. The average Bonchev–Trinajstić information content (AvgIpc) is 1.98. The summed E-state index contributed by atoms with van der Waals surface area (Å²) in [7, 11) is 0. The maximum absolute atomic E-state index is 10.8. The monoisotopic (exact) mass is 160 g/mol. The summed E-state index contributed by atoms with van der Waals surface area (Å²) in [5.41, 5.74) is 10.3. The number of hydrogen-bond donors (Lipinski definition) is 3. The van der Waals surface area contributed by atoms with E-state index in [0.717, 1.165) is 0 Å². The molecular weight excluding hydrogens is 148 g/mol. The zero-order chi connectivity index (χ0) is 8.85. The normalized spacial score (nSPS) is 12.5. The molecular formula is C6H12N2O3. The molecule has 5 heteroatoms. The van der Waals surface area contributed by atoms with E-state index in [4.69, 9.17) is 16.6 Å². The summed E-state index contributed by atoms with van der Waals surface area (Å²) in [4.78, 5) is 20.8. The van der Waals surface area contributed by atoms with Crippen LogP contribution < -0.4 is 11.5 Å². The molecule has 0 rings (SSSR count). The Balaban J connectivity index is 3.60. The minimum absolute atomic E-state index is 0.0340. The number of carboxylic acids is 1. The van der Waals surface area contributed by atoms with Crippen LogP contribution in [0.25, 0.3) is 0 Å². The van der Waals surface area contributed by atoms with Crippen molar-refractivity contribution in [3.05, 3.63) is 0 Å². The number of rotatable bonds is 5. The lowest BCUT2D eigenvalue weighted by Gasteiger charge is -2.04. The van der Waals surface area contributed by atoms with Crippen molar-refractivity contribution in [2.75, 3.05) is 6.54 Å². The zero-order valence-corrected chi connectivity index (χ0v) is 6.12. The third kappa shape index (κ3) is 4.46. The number of ketones is 1. The molecule has 0 saturated heterocycles. The van der Waals surface area contributed by atoms with E-state index in [1.807, 2.05) is 0 Å².